The number of aromatic amines is 2. The molecule has 15 N–H and O–H groups in total. The fraction of sp³-hybridized carbons (Fsp3) is 0.531. The molecule has 4 saturated heterocycles. The maximum atomic E-state index is 15.4. The summed E-state index contributed by atoms with van der Waals surface area (Å²) in [7, 11) is -22.2. The molecular weight excluding hydrogens is 1110 g/mol. The molecule has 16 atom stereocenters. The Labute approximate surface area is 413 Å². The number of aliphatic hydroxyl groups excluding tert-OH is 3. The van der Waals surface area contributed by atoms with Crippen LogP contribution in [0, 0.1) is 0 Å². The number of nitrogens with one attached hydrogen (secondary N) is 2. The molecule has 4 aliphatic rings. The maximum Gasteiger partial charge on any atom is 0.490 e. The monoisotopic (exact) mass is 1150 g/mol. The minimum Gasteiger partial charge on any atom is -0.387 e. The van der Waals surface area contributed by atoms with Gasteiger partial charge in [0.05, 0.1) is 46.1 Å². The lowest BCUT2D eigenvalue weighted by atomic mass is 10.0. The summed E-state index contributed by atoms with van der Waals surface area (Å²) in [6.45, 7) is -4.19. The van der Waals surface area contributed by atoms with Crippen molar-refractivity contribution in [3.05, 3.63) is 46.0 Å². The van der Waals surface area contributed by atoms with E-state index in [-0.39, 0.29) is 51.2 Å². The average Bonchev–Trinajstić information content (AvgIpc) is 4.23. The number of hydrogen-bond acceptors (Lipinski definition) is 28. The van der Waals surface area contributed by atoms with Crippen molar-refractivity contribution in [3.63, 3.8) is 0 Å². The summed E-state index contributed by atoms with van der Waals surface area (Å²) in [4.78, 5) is 95.6. The van der Waals surface area contributed by atoms with Gasteiger partial charge in [-0.25, -0.2) is 47.2 Å². The van der Waals surface area contributed by atoms with Crippen LogP contribution in [0.3, 0.4) is 0 Å². The van der Waals surface area contributed by atoms with Crippen molar-refractivity contribution >= 4 is 82.5 Å². The number of aryl methyl sites for hydroxylation is 1. The second-order valence-corrected chi connectivity index (χ2v) is 23.0. The zero-order chi connectivity index (χ0) is 53.9. The van der Waals surface area contributed by atoms with Gasteiger partial charge in [0.2, 0.25) is 17.7 Å². The second kappa shape index (κ2) is 19.1. The molecule has 4 fully saturated rings. The van der Waals surface area contributed by atoms with Crippen LogP contribution in [0.5, 0.6) is 0 Å². The van der Waals surface area contributed by atoms with Crippen LogP contribution >= 0.6 is 31.3 Å². The van der Waals surface area contributed by atoms with Crippen molar-refractivity contribution in [1.82, 2.24) is 53.6 Å². The fourth-order valence-electron chi connectivity index (χ4n) is 8.70. The van der Waals surface area contributed by atoms with Gasteiger partial charge in [0.1, 0.15) is 60.2 Å². The fourth-order valence-corrected chi connectivity index (χ4v) is 13.3. The number of ether oxygens (including phenoxy) is 4. The van der Waals surface area contributed by atoms with Crippen molar-refractivity contribution in [2.24, 2.45) is 7.05 Å². The number of anilines is 3. The zero-order valence-corrected chi connectivity index (χ0v) is 41.1. The van der Waals surface area contributed by atoms with Gasteiger partial charge in [-0.3, -0.25) is 51.4 Å². The molecule has 10 heterocycles. The molecule has 0 aliphatic carbocycles. The van der Waals surface area contributed by atoms with E-state index in [4.69, 9.17) is 49.7 Å². The summed E-state index contributed by atoms with van der Waals surface area (Å²) < 4.78 is 125. The largest absolute Gasteiger partial charge is 0.490 e. The summed E-state index contributed by atoms with van der Waals surface area (Å²) >= 11 is 0. The Morgan fingerprint density at radius 2 is 1.41 bits per heavy atom. The zero-order valence-electron chi connectivity index (χ0n) is 37.5. The number of nitrogens with zero attached hydrogens (tertiary/aromatic N) is 10. The van der Waals surface area contributed by atoms with Gasteiger partial charge in [0.15, 0.2) is 47.6 Å². The number of imidazole rings is 3. The minimum atomic E-state index is -6.24. The van der Waals surface area contributed by atoms with Gasteiger partial charge >= 0.3 is 36.9 Å². The molecule has 0 radical (unpaired) electrons. The molecule has 0 saturated carbocycles. The Morgan fingerprint density at radius 3 is 2.13 bits per heavy atom. The van der Waals surface area contributed by atoms with Crippen molar-refractivity contribution in [2.75, 3.05) is 43.6 Å². The number of rotatable bonds is 18. The van der Waals surface area contributed by atoms with Crippen LogP contribution < -0.4 is 32.9 Å². The summed E-state index contributed by atoms with van der Waals surface area (Å²) in [5, 5.41) is 32.3. The molecule has 4 aliphatic heterocycles. The van der Waals surface area contributed by atoms with Crippen molar-refractivity contribution in [3.8, 4) is 0 Å². The van der Waals surface area contributed by atoms with Crippen molar-refractivity contribution in [2.45, 2.75) is 73.2 Å². The van der Waals surface area contributed by atoms with E-state index in [1.807, 2.05) is 0 Å². The highest BCUT2D eigenvalue weighted by Crippen LogP contribution is 2.68. The van der Waals surface area contributed by atoms with Gasteiger partial charge in [-0.15, -0.1) is 0 Å². The lowest BCUT2D eigenvalue weighted by Gasteiger charge is -2.32. The van der Waals surface area contributed by atoms with E-state index in [2.05, 4.69) is 53.0 Å². The Kier molecular flexibility index (Phi) is 13.5. The molecule has 6 aromatic heterocycles. The summed E-state index contributed by atoms with van der Waals surface area (Å²) in [5.41, 5.74) is 12.9. The first-order chi connectivity index (χ1) is 35.2. The molecule has 10 rings (SSSR count). The highest BCUT2D eigenvalue weighted by molar-refractivity contribution is 7.66. The predicted molar refractivity (Wildman–Crippen MR) is 236 cm³/mol. The van der Waals surface area contributed by atoms with Crippen LogP contribution in [0.4, 0.5) is 22.1 Å². The number of alkyl halides is 1. The lowest BCUT2D eigenvalue weighted by molar-refractivity contribution is -0.744. The number of hydrogen-bond donors (Lipinski definition) is 12. The summed E-state index contributed by atoms with van der Waals surface area (Å²) in [5.74, 6) is -0.751. The van der Waals surface area contributed by atoms with E-state index in [1.54, 1.807) is 0 Å². The Morgan fingerprint density at radius 1 is 0.787 bits per heavy atom. The van der Waals surface area contributed by atoms with Gasteiger partial charge < -0.3 is 71.0 Å². The minimum absolute atomic E-state index is 0.0171. The number of fused-ring (bicyclic) bond motifs is 5. The van der Waals surface area contributed by atoms with E-state index in [0.717, 1.165) is 28.1 Å². The molecule has 7 unspecified atom stereocenters. The number of halogens is 1. The van der Waals surface area contributed by atoms with Crippen LogP contribution in [0.15, 0.2) is 34.9 Å². The van der Waals surface area contributed by atoms with Gasteiger partial charge in [-0.1, -0.05) is 4.98 Å². The maximum absolute atomic E-state index is 15.4. The van der Waals surface area contributed by atoms with Gasteiger partial charge in [0.25, 0.3) is 17.1 Å². The molecule has 0 aromatic carbocycles. The SMILES string of the molecule is Cn1c[n+]([C@@H]2O[C@H](COP(=O)(O)OP(=O)(O)OP(=O)(O)OC[C@@]34COC([C@H](n5cnc6c(N)ncnc65)O3)[C@H]4OP(=O)(O)OC[C@H]3O[C@@H](n4cnc5c(=O)[nH]c(N)nc54)C(O)[C@H]3O)[C@H](O)C2F)c2nc(N)[nH]c(=O)c21. The van der Waals surface area contributed by atoms with Crippen LogP contribution in [0.1, 0.15) is 18.7 Å². The standard InChI is InChI=1S/C32H40FN15O23P4/c1-45-9-48(24-15(45)26(53)44-31(36)42-24)27-12(33)16(49)10(66-27)2-64-73(56,57)70-75(60,61)71-74(58,59)65-5-32-4-62-19(29(68-32)46-7-39-13-21(34)37-6-38-22(13)46)20(32)69-72(54,55)63-3-11-17(50)18(51)28(67-11)47-8-40-14-23(47)41-30(35)43-25(14)52/h6-12,16-20,27-29,49-51H,2-5H2,1H3,(H11-,34,35,36,37,38,41,42,43,44,52,53,54,55,56,57,58,59,60,61)/p+1/t10-,11-,12?,16+,17+,18?,19?,20-,27-,28-,29-,32-/m1/s1. The smallest absolute Gasteiger partial charge is 0.387 e. The normalized spacial score (nSPS) is 32.0. The molecule has 43 heteroatoms. The first kappa shape index (κ1) is 53.2. The Hall–Kier alpha value is -5.18. The highest BCUT2D eigenvalue weighted by Gasteiger charge is 2.66. The first-order valence-electron chi connectivity index (χ1n) is 21.2. The molecule has 6 aromatic rings. The molecule has 75 heavy (non-hydrogen) atoms. The Bertz CT molecular complexity index is 3550. The lowest BCUT2D eigenvalue weighted by Crippen LogP contribution is -2.45. The molecule has 0 spiro atoms. The third kappa shape index (κ3) is 9.94. The van der Waals surface area contributed by atoms with Gasteiger partial charge in [-0.05, 0) is 0 Å². The third-order valence-electron chi connectivity index (χ3n) is 12.0. The quantitative estimate of drug-likeness (QED) is 0.0288. The number of aliphatic hydroxyl groups is 3. The molecule has 2 bridgehead atoms. The van der Waals surface area contributed by atoms with Crippen LogP contribution in [-0.4, -0.2) is 169 Å². The van der Waals surface area contributed by atoms with E-state index in [1.165, 1.54) is 22.5 Å². The highest BCUT2D eigenvalue weighted by atomic mass is 31.3. The average molecular weight is 1150 g/mol. The van der Waals surface area contributed by atoms with Crippen molar-refractivity contribution in [1.29, 1.82) is 0 Å². The van der Waals surface area contributed by atoms with Crippen LogP contribution in [-0.2, 0) is 71.0 Å². The van der Waals surface area contributed by atoms with Crippen LogP contribution in [0.2, 0.25) is 0 Å². The molecule has 408 valence electrons. The van der Waals surface area contributed by atoms with Crippen molar-refractivity contribution < 1.29 is 108 Å². The number of H-pyrrole nitrogens is 2. The number of aromatic nitrogens is 12. The first-order valence-corrected chi connectivity index (χ1v) is 27.2. The summed E-state index contributed by atoms with van der Waals surface area (Å²) in [6.07, 6.45) is -15.0. The topological polar surface area (TPSA) is 542 Å². The molecular formula is C32H41FN15O23P4+. The van der Waals surface area contributed by atoms with E-state index in [0.29, 0.717) is 0 Å². The number of nitrogens with two attached hydrogens (primary N) is 3. The van der Waals surface area contributed by atoms with E-state index >= 15 is 4.39 Å². The van der Waals surface area contributed by atoms with E-state index < -0.39 is 142 Å². The number of phosphoric ester groups is 3. The van der Waals surface area contributed by atoms with E-state index in [9.17, 15) is 62.7 Å². The third-order valence-corrected chi connectivity index (χ3v) is 17.2. The number of nitrogen functional groups attached to an aromatic ring is 3. The van der Waals surface area contributed by atoms with Gasteiger partial charge in [-0.2, -0.15) is 13.6 Å². The van der Waals surface area contributed by atoms with Gasteiger partial charge in [0, 0.05) is 0 Å². The molecule has 0 amide bonds. The second-order valence-electron chi connectivity index (χ2n) is 16.9. The number of phosphoric acid groups is 4. The Balaban J connectivity index is 0.809. The summed E-state index contributed by atoms with van der Waals surface area (Å²) in [6, 6.07) is 0. The van der Waals surface area contributed by atoms with Crippen LogP contribution in [0.25, 0.3) is 33.5 Å². The predicted octanol–water partition coefficient (Wildman–Crippen LogP) is -3.98. The molecule has 38 nitrogen and oxygen atoms in total.